The van der Waals surface area contributed by atoms with Crippen molar-refractivity contribution in [1.29, 1.82) is 0 Å². The summed E-state index contributed by atoms with van der Waals surface area (Å²) in [4.78, 5) is 0. The van der Waals surface area contributed by atoms with Crippen LogP contribution in [0, 0.1) is 0 Å². The maximum Gasteiger partial charge on any atom is 0.418 e. The number of rotatable bonds is 3. The lowest BCUT2D eigenvalue weighted by Crippen LogP contribution is -2.56. The van der Waals surface area contributed by atoms with E-state index in [9.17, 15) is 18.3 Å². The molecule has 0 aliphatic rings. The molecule has 0 saturated carbocycles. The second kappa shape index (κ2) is 4.43. The van der Waals surface area contributed by atoms with E-state index in [0.29, 0.717) is 12.5 Å². The number of hydrogen-bond donors (Lipinski definition) is 2. The van der Waals surface area contributed by atoms with Gasteiger partial charge in [-0.25, -0.2) is 0 Å². The first kappa shape index (κ1) is 13.0. The molecular formula is C11H14F3NO. The Labute approximate surface area is 91.9 Å². The molecule has 2 atom stereocenters. The molecule has 0 saturated heterocycles. The number of hydrogen-bond acceptors (Lipinski definition) is 2. The number of nitrogens with two attached hydrogens (primary N) is 1. The van der Waals surface area contributed by atoms with Crippen molar-refractivity contribution in [1.82, 2.24) is 0 Å². The molecule has 0 radical (unpaired) electrons. The summed E-state index contributed by atoms with van der Waals surface area (Å²) in [6, 6.07) is 7.15. The fraction of sp³-hybridized carbons (Fsp3) is 0.455. The van der Waals surface area contributed by atoms with Crippen LogP contribution in [0.15, 0.2) is 30.3 Å². The molecular weight excluding hydrogens is 219 g/mol. The van der Waals surface area contributed by atoms with Crippen molar-refractivity contribution >= 4 is 0 Å². The number of benzene rings is 1. The Hall–Kier alpha value is -1.07. The third-order valence-corrected chi connectivity index (χ3v) is 2.59. The molecule has 0 heterocycles. The summed E-state index contributed by atoms with van der Waals surface area (Å²) in [5, 5.41) is 9.33. The van der Waals surface area contributed by atoms with E-state index in [1.807, 2.05) is 0 Å². The Bertz CT molecular complexity index is 335. The van der Waals surface area contributed by atoms with Crippen LogP contribution in [0.3, 0.4) is 0 Å². The summed E-state index contributed by atoms with van der Waals surface area (Å²) in [6.45, 7) is 0.695. The molecule has 90 valence electrons. The van der Waals surface area contributed by atoms with Gasteiger partial charge in [0, 0.05) is 6.04 Å². The Balaban J connectivity index is 2.76. The van der Waals surface area contributed by atoms with Crippen LogP contribution in [0.5, 0.6) is 0 Å². The first-order chi connectivity index (χ1) is 7.25. The van der Waals surface area contributed by atoms with Crippen LogP contribution >= 0.6 is 0 Å². The highest BCUT2D eigenvalue weighted by atomic mass is 19.4. The summed E-state index contributed by atoms with van der Waals surface area (Å²) in [5.74, 6) is 0. The first-order valence-electron chi connectivity index (χ1n) is 4.84. The lowest BCUT2D eigenvalue weighted by molar-refractivity contribution is -0.259. The predicted octanol–water partition coefficient (Wildman–Crippen LogP) is 1.87. The van der Waals surface area contributed by atoms with Gasteiger partial charge in [0.25, 0.3) is 0 Å². The van der Waals surface area contributed by atoms with Crippen LogP contribution in [0.2, 0.25) is 0 Å². The summed E-state index contributed by atoms with van der Waals surface area (Å²) in [7, 11) is 0. The number of alkyl halides is 3. The minimum atomic E-state index is -4.72. The van der Waals surface area contributed by atoms with E-state index in [1.165, 1.54) is 0 Å². The lowest BCUT2D eigenvalue weighted by atomic mass is 9.91. The van der Waals surface area contributed by atoms with Gasteiger partial charge >= 0.3 is 6.18 Å². The average Bonchev–Trinajstić information content (AvgIpc) is 2.17. The van der Waals surface area contributed by atoms with Crippen molar-refractivity contribution in [3.8, 4) is 0 Å². The summed E-state index contributed by atoms with van der Waals surface area (Å²) >= 11 is 0. The van der Waals surface area contributed by atoms with Crippen LogP contribution in [0.25, 0.3) is 0 Å². The van der Waals surface area contributed by atoms with E-state index >= 15 is 0 Å². The smallest absolute Gasteiger partial charge is 0.379 e. The highest BCUT2D eigenvalue weighted by Crippen LogP contribution is 2.32. The predicted molar refractivity (Wildman–Crippen MR) is 54.8 cm³/mol. The van der Waals surface area contributed by atoms with E-state index < -0.39 is 17.8 Å². The van der Waals surface area contributed by atoms with Crippen molar-refractivity contribution in [2.75, 3.05) is 0 Å². The van der Waals surface area contributed by atoms with Gasteiger partial charge in [-0.2, -0.15) is 13.2 Å². The van der Waals surface area contributed by atoms with Gasteiger partial charge in [0.05, 0.1) is 0 Å². The quantitative estimate of drug-likeness (QED) is 0.837. The Morgan fingerprint density at radius 3 is 2.19 bits per heavy atom. The van der Waals surface area contributed by atoms with Gasteiger partial charge in [-0.3, -0.25) is 0 Å². The normalized spacial score (nSPS) is 17.9. The molecule has 1 aromatic rings. The molecule has 0 fully saturated rings. The van der Waals surface area contributed by atoms with Crippen molar-refractivity contribution in [2.24, 2.45) is 5.73 Å². The minimum Gasteiger partial charge on any atom is -0.379 e. The molecule has 1 rings (SSSR count). The molecule has 0 aliphatic carbocycles. The van der Waals surface area contributed by atoms with E-state index in [0.717, 1.165) is 0 Å². The summed E-state index contributed by atoms with van der Waals surface area (Å²) in [6.07, 6.45) is -4.74. The molecule has 2 nitrogen and oxygen atoms in total. The highest BCUT2D eigenvalue weighted by molar-refractivity contribution is 5.17. The molecule has 1 aromatic carbocycles. The fourth-order valence-electron chi connectivity index (χ4n) is 1.28. The average molecular weight is 233 g/mol. The van der Waals surface area contributed by atoms with Gasteiger partial charge in [-0.1, -0.05) is 30.3 Å². The topological polar surface area (TPSA) is 46.2 Å². The molecule has 16 heavy (non-hydrogen) atoms. The third kappa shape index (κ3) is 2.74. The van der Waals surface area contributed by atoms with Crippen LogP contribution in [0.4, 0.5) is 13.2 Å². The zero-order chi connectivity index (χ0) is 12.4. The highest BCUT2D eigenvalue weighted by Gasteiger charge is 2.53. The number of halogens is 3. The van der Waals surface area contributed by atoms with E-state index in [1.54, 1.807) is 30.3 Å². The molecule has 0 unspecified atom stereocenters. The molecule has 0 aliphatic heterocycles. The maximum absolute atomic E-state index is 12.5. The van der Waals surface area contributed by atoms with Gasteiger partial charge in [0.1, 0.15) is 0 Å². The lowest BCUT2D eigenvalue weighted by Gasteiger charge is -2.32. The van der Waals surface area contributed by atoms with Crippen LogP contribution in [0.1, 0.15) is 12.5 Å². The zero-order valence-electron chi connectivity index (χ0n) is 8.83. The van der Waals surface area contributed by atoms with Gasteiger partial charge in [-0.05, 0) is 18.9 Å². The van der Waals surface area contributed by atoms with E-state index in [4.69, 9.17) is 5.73 Å². The number of aliphatic hydroxyl groups is 1. The molecule has 3 N–H and O–H groups in total. The SMILES string of the molecule is C[C@@](O)([C@@H](N)Cc1ccccc1)C(F)(F)F. The fourth-order valence-corrected chi connectivity index (χ4v) is 1.28. The van der Waals surface area contributed by atoms with Crippen LogP contribution < -0.4 is 5.73 Å². The van der Waals surface area contributed by atoms with Gasteiger partial charge in [0.2, 0.25) is 0 Å². The van der Waals surface area contributed by atoms with Gasteiger partial charge in [0.15, 0.2) is 5.60 Å². The Morgan fingerprint density at radius 1 is 1.25 bits per heavy atom. The second-order valence-corrected chi connectivity index (χ2v) is 3.94. The zero-order valence-corrected chi connectivity index (χ0v) is 8.83. The molecule has 5 heteroatoms. The minimum absolute atomic E-state index is 0.0205. The standard InChI is InChI=1S/C11H14F3NO/c1-10(16,11(12,13)14)9(15)7-8-5-3-2-4-6-8/h2-6,9,16H,7,15H2,1H3/t9-,10+/m0/s1. The van der Waals surface area contributed by atoms with E-state index in [2.05, 4.69) is 0 Å². The molecule has 0 bridgehead atoms. The molecule has 0 spiro atoms. The third-order valence-electron chi connectivity index (χ3n) is 2.59. The summed E-state index contributed by atoms with van der Waals surface area (Å²) < 4.78 is 37.4. The molecule has 0 aromatic heterocycles. The van der Waals surface area contributed by atoms with Crippen LogP contribution in [-0.2, 0) is 6.42 Å². The monoisotopic (exact) mass is 233 g/mol. The molecule has 0 amide bonds. The Kier molecular flexibility index (Phi) is 3.60. The Morgan fingerprint density at radius 2 is 1.75 bits per heavy atom. The maximum atomic E-state index is 12.5. The first-order valence-corrected chi connectivity index (χ1v) is 4.84. The van der Waals surface area contributed by atoms with Crippen molar-refractivity contribution < 1.29 is 18.3 Å². The van der Waals surface area contributed by atoms with Crippen LogP contribution in [-0.4, -0.2) is 22.9 Å². The van der Waals surface area contributed by atoms with Gasteiger partial charge < -0.3 is 10.8 Å². The van der Waals surface area contributed by atoms with Crippen molar-refractivity contribution in [3.05, 3.63) is 35.9 Å². The van der Waals surface area contributed by atoms with E-state index in [-0.39, 0.29) is 6.42 Å². The van der Waals surface area contributed by atoms with Crippen molar-refractivity contribution in [3.63, 3.8) is 0 Å². The largest absolute Gasteiger partial charge is 0.418 e. The van der Waals surface area contributed by atoms with Crippen molar-refractivity contribution in [2.45, 2.75) is 31.2 Å². The summed E-state index contributed by atoms with van der Waals surface area (Å²) in [5.41, 5.74) is 3.19. The second-order valence-electron chi connectivity index (χ2n) is 3.94. The van der Waals surface area contributed by atoms with Gasteiger partial charge in [-0.15, -0.1) is 0 Å².